The van der Waals surface area contributed by atoms with E-state index in [9.17, 15) is 23.8 Å². The van der Waals surface area contributed by atoms with Crippen LogP contribution in [0.4, 0.5) is 8.78 Å². The van der Waals surface area contributed by atoms with E-state index < -0.39 is 23.2 Å². The number of pyridine rings is 1. The van der Waals surface area contributed by atoms with Gasteiger partial charge in [-0.15, -0.1) is 0 Å². The van der Waals surface area contributed by atoms with Crippen molar-refractivity contribution in [2.45, 2.75) is 50.5 Å². The van der Waals surface area contributed by atoms with Crippen LogP contribution in [0, 0.1) is 11.6 Å². The zero-order valence-corrected chi connectivity index (χ0v) is 17.6. The topological polar surface area (TPSA) is 104 Å². The van der Waals surface area contributed by atoms with Crippen molar-refractivity contribution in [2.75, 3.05) is 0 Å². The number of aromatic nitrogens is 4. The fraction of sp³-hybridized carbons (Fsp3) is 0.348. The van der Waals surface area contributed by atoms with Gasteiger partial charge in [0.25, 0.3) is 0 Å². The third-order valence-electron chi connectivity index (χ3n) is 6.42. The Morgan fingerprint density at radius 1 is 1.28 bits per heavy atom. The van der Waals surface area contributed by atoms with Crippen LogP contribution in [0.5, 0.6) is 0 Å². The van der Waals surface area contributed by atoms with Gasteiger partial charge in [-0.05, 0) is 49.3 Å². The first-order chi connectivity index (χ1) is 15.2. The first-order valence-electron chi connectivity index (χ1n) is 10.5. The quantitative estimate of drug-likeness (QED) is 0.437. The number of aliphatic hydroxyl groups is 1. The van der Waals surface area contributed by atoms with E-state index in [0.29, 0.717) is 28.8 Å². The van der Waals surface area contributed by atoms with E-state index in [2.05, 4.69) is 10.2 Å². The number of carboxylic acids is 1. The van der Waals surface area contributed by atoms with Gasteiger partial charge in [0.2, 0.25) is 0 Å². The number of hydrogen-bond acceptors (Lipinski definition) is 4. The molecule has 1 saturated carbocycles. The standard InChI is InChI=1S/C23H22F2N4O3/c1-11(2)20-18(12-5-6-23(32,9-12)22(30)31)19-17(7-13-10-26-28-21(13)27-19)29(20)14-3-4-15(24)16(25)8-14/h3-4,7-8,10-12,32H,5-6,9H2,1-2H3,(H,30,31)(H,26,27,28)/t12?,23-/m0/s1. The number of benzene rings is 1. The van der Waals surface area contributed by atoms with Crippen LogP contribution in [-0.2, 0) is 4.79 Å². The lowest BCUT2D eigenvalue weighted by Crippen LogP contribution is -2.35. The summed E-state index contributed by atoms with van der Waals surface area (Å²) in [7, 11) is 0. The van der Waals surface area contributed by atoms with Crippen LogP contribution in [0.3, 0.4) is 0 Å². The molecule has 0 aliphatic heterocycles. The number of nitrogens with one attached hydrogen (secondary N) is 1. The number of aromatic amines is 1. The lowest BCUT2D eigenvalue weighted by atomic mass is 9.90. The largest absolute Gasteiger partial charge is 0.479 e. The predicted octanol–water partition coefficient (Wildman–Crippen LogP) is 4.39. The molecule has 32 heavy (non-hydrogen) atoms. The SMILES string of the molecule is CC(C)c1c(C2CC[C@@](O)(C(=O)O)C2)c2nc3[nH]ncc3cc2n1-c1ccc(F)c(F)c1. The number of fused-ring (bicyclic) bond motifs is 2. The molecule has 7 nitrogen and oxygen atoms in total. The van der Waals surface area contributed by atoms with E-state index in [4.69, 9.17) is 4.98 Å². The maximum Gasteiger partial charge on any atom is 0.335 e. The molecule has 0 spiro atoms. The second kappa shape index (κ2) is 7.09. The maximum absolute atomic E-state index is 14.2. The maximum atomic E-state index is 14.2. The third kappa shape index (κ3) is 2.99. The van der Waals surface area contributed by atoms with E-state index in [1.165, 1.54) is 6.07 Å². The molecule has 5 rings (SSSR count). The Morgan fingerprint density at radius 3 is 2.72 bits per heavy atom. The number of carboxylic acid groups (broad SMARTS) is 1. The van der Waals surface area contributed by atoms with Crippen LogP contribution in [0.15, 0.2) is 30.5 Å². The fourth-order valence-electron chi connectivity index (χ4n) is 4.95. The number of aliphatic carboxylic acids is 1. The predicted molar refractivity (Wildman–Crippen MR) is 114 cm³/mol. The molecule has 1 fully saturated rings. The minimum Gasteiger partial charge on any atom is -0.479 e. The summed E-state index contributed by atoms with van der Waals surface area (Å²) in [6.07, 6.45) is 2.30. The van der Waals surface area contributed by atoms with Crippen molar-refractivity contribution in [2.24, 2.45) is 0 Å². The number of hydrogen-bond donors (Lipinski definition) is 3. The van der Waals surface area contributed by atoms with Crippen molar-refractivity contribution in [3.05, 3.63) is 53.4 Å². The van der Waals surface area contributed by atoms with E-state index in [-0.39, 0.29) is 24.7 Å². The minimum absolute atomic E-state index is 0.0395. The Morgan fingerprint density at radius 2 is 2.06 bits per heavy atom. The van der Waals surface area contributed by atoms with Gasteiger partial charge in [-0.1, -0.05) is 13.8 Å². The summed E-state index contributed by atoms with van der Waals surface area (Å²) in [5.74, 6) is -3.43. The minimum atomic E-state index is -1.80. The van der Waals surface area contributed by atoms with Gasteiger partial charge in [0.1, 0.15) is 0 Å². The normalized spacial score (nSPS) is 21.2. The second-order valence-electron chi connectivity index (χ2n) is 8.83. The number of H-pyrrole nitrogens is 1. The number of halogens is 2. The van der Waals surface area contributed by atoms with Crippen molar-refractivity contribution in [1.82, 2.24) is 19.7 Å². The summed E-state index contributed by atoms with van der Waals surface area (Å²) < 4.78 is 29.7. The van der Waals surface area contributed by atoms with Crippen LogP contribution >= 0.6 is 0 Å². The van der Waals surface area contributed by atoms with E-state index in [0.717, 1.165) is 28.8 Å². The number of carbonyl (C=O) groups is 1. The van der Waals surface area contributed by atoms with Gasteiger partial charge in [-0.3, -0.25) is 5.10 Å². The van der Waals surface area contributed by atoms with Gasteiger partial charge in [0.15, 0.2) is 22.9 Å². The fourth-order valence-corrected chi connectivity index (χ4v) is 4.95. The highest BCUT2D eigenvalue weighted by Gasteiger charge is 2.46. The molecule has 3 heterocycles. The first kappa shape index (κ1) is 20.6. The Bertz CT molecular complexity index is 1380. The van der Waals surface area contributed by atoms with Gasteiger partial charge in [0.05, 0.1) is 17.2 Å². The molecule has 0 bridgehead atoms. The highest BCUT2D eigenvalue weighted by molar-refractivity contribution is 5.94. The van der Waals surface area contributed by atoms with Crippen molar-refractivity contribution in [1.29, 1.82) is 0 Å². The van der Waals surface area contributed by atoms with Crippen LogP contribution in [0.25, 0.3) is 27.8 Å². The van der Waals surface area contributed by atoms with Gasteiger partial charge in [-0.25, -0.2) is 18.6 Å². The highest BCUT2D eigenvalue weighted by atomic mass is 19.2. The Hall–Kier alpha value is -3.33. The summed E-state index contributed by atoms with van der Waals surface area (Å²) in [6, 6.07) is 5.63. The molecule has 0 saturated heterocycles. The molecule has 4 aromatic rings. The van der Waals surface area contributed by atoms with Crippen LogP contribution in [0.1, 0.15) is 56.2 Å². The summed E-state index contributed by atoms with van der Waals surface area (Å²) in [5, 5.41) is 27.8. The molecule has 1 aliphatic carbocycles. The Kier molecular flexibility index (Phi) is 4.56. The second-order valence-corrected chi connectivity index (χ2v) is 8.83. The lowest BCUT2D eigenvalue weighted by molar-refractivity contribution is -0.157. The summed E-state index contributed by atoms with van der Waals surface area (Å²) >= 11 is 0. The van der Waals surface area contributed by atoms with Crippen molar-refractivity contribution in [3.63, 3.8) is 0 Å². The van der Waals surface area contributed by atoms with Gasteiger partial charge in [0, 0.05) is 28.4 Å². The zero-order valence-electron chi connectivity index (χ0n) is 17.6. The smallest absolute Gasteiger partial charge is 0.335 e. The van der Waals surface area contributed by atoms with Gasteiger partial charge >= 0.3 is 5.97 Å². The molecule has 3 aromatic heterocycles. The Balaban J connectivity index is 1.84. The molecular weight excluding hydrogens is 418 g/mol. The molecule has 0 radical (unpaired) electrons. The molecular formula is C23H22F2N4O3. The molecule has 166 valence electrons. The number of rotatable bonds is 4. The molecule has 1 unspecified atom stereocenters. The molecule has 9 heteroatoms. The zero-order chi connectivity index (χ0) is 22.8. The van der Waals surface area contributed by atoms with Crippen LogP contribution < -0.4 is 0 Å². The molecule has 3 N–H and O–H groups in total. The van der Waals surface area contributed by atoms with E-state index in [1.54, 1.807) is 6.20 Å². The average Bonchev–Trinajstić information content (AvgIpc) is 3.43. The molecule has 1 aliphatic rings. The molecule has 0 amide bonds. The van der Waals surface area contributed by atoms with Crippen LogP contribution in [-0.4, -0.2) is 41.5 Å². The summed E-state index contributed by atoms with van der Waals surface area (Å²) in [6.45, 7) is 3.97. The monoisotopic (exact) mass is 440 g/mol. The average molecular weight is 440 g/mol. The Labute approximate surface area is 181 Å². The molecule has 2 atom stereocenters. The van der Waals surface area contributed by atoms with Crippen LogP contribution in [0.2, 0.25) is 0 Å². The summed E-state index contributed by atoms with van der Waals surface area (Å²) in [4.78, 5) is 16.4. The van der Waals surface area contributed by atoms with Crippen molar-refractivity contribution >= 4 is 28.0 Å². The van der Waals surface area contributed by atoms with Gasteiger partial charge in [-0.2, -0.15) is 5.10 Å². The third-order valence-corrected chi connectivity index (χ3v) is 6.42. The van der Waals surface area contributed by atoms with Gasteiger partial charge < -0.3 is 14.8 Å². The first-order valence-corrected chi connectivity index (χ1v) is 10.5. The van der Waals surface area contributed by atoms with E-state index >= 15 is 0 Å². The molecule has 1 aromatic carbocycles. The van der Waals surface area contributed by atoms with Crippen molar-refractivity contribution in [3.8, 4) is 5.69 Å². The lowest BCUT2D eigenvalue weighted by Gasteiger charge is -2.20. The number of nitrogens with zero attached hydrogens (tertiary/aromatic N) is 3. The van der Waals surface area contributed by atoms with Crippen molar-refractivity contribution < 1.29 is 23.8 Å². The highest BCUT2D eigenvalue weighted by Crippen LogP contribution is 2.47. The summed E-state index contributed by atoms with van der Waals surface area (Å²) in [5.41, 5.74) is 2.20. The van der Waals surface area contributed by atoms with E-state index in [1.807, 2.05) is 24.5 Å².